The molecule has 0 unspecified atom stereocenters. The van der Waals surface area contributed by atoms with Crippen LogP contribution >= 0.6 is 11.6 Å². The summed E-state index contributed by atoms with van der Waals surface area (Å²) in [7, 11) is 0. The summed E-state index contributed by atoms with van der Waals surface area (Å²) in [6.07, 6.45) is 0.811. The zero-order chi connectivity index (χ0) is 13.9. The van der Waals surface area contributed by atoms with Crippen molar-refractivity contribution in [2.45, 2.75) is 46.2 Å². The summed E-state index contributed by atoms with van der Waals surface area (Å²) in [5.74, 6) is 0.216. The molecule has 0 bridgehead atoms. The lowest BCUT2D eigenvalue weighted by atomic mass is 10.0. The number of aryl methyl sites for hydroxylation is 1. The van der Waals surface area contributed by atoms with Crippen molar-refractivity contribution in [2.24, 2.45) is 0 Å². The molecule has 0 saturated carbocycles. The quantitative estimate of drug-likeness (QED) is 0.845. The molecule has 5 nitrogen and oxygen atoms in total. The van der Waals surface area contributed by atoms with Crippen molar-refractivity contribution in [1.29, 1.82) is 0 Å². The van der Waals surface area contributed by atoms with E-state index in [0.717, 1.165) is 6.42 Å². The Kier molecular flexibility index (Phi) is 4.51. The smallest absolute Gasteiger partial charge is 0.255 e. The third-order valence-electron chi connectivity index (χ3n) is 2.83. The summed E-state index contributed by atoms with van der Waals surface area (Å²) in [5.41, 5.74) is -0.606. The first-order chi connectivity index (χ1) is 8.25. The van der Waals surface area contributed by atoms with Crippen LogP contribution in [0.15, 0.2) is 10.9 Å². The van der Waals surface area contributed by atoms with Crippen molar-refractivity contribution < 1.29 is 4.79 Å². The number of rotatable bonds is 4. The number of nitrogens with zero attached hydrogens (tertiary/aromatic N) is 2. The van der Waals surface area contributed by atoms with E-state index in [4.69, 9.17) is 11.6 Å². The van der Waals surface area contributed by atoms with Gasteiger partial charge in [-0.25, -0.2) is 4.98 Å². The minimum absolute atomic E-state index is 0.0434. The fraction of sp³-hybridized carbons (Fsp3) is 0.583. The van der Waals surface area contributed by atoms with Crippen molar-refractivity contribution in [2.75, 3.05) is 0 Å². The second kappa shape index (κ2) is 5.52. The molecule has 0 saturated heterocycles. The van der Waals surface area contributed by atoms with Gasteiger partial charge in [0.1, 0.15) is 17.5 Å². The molecule has 0 fully saturated rings. The van der Waals surface area contributed by atoms with Gasteiger partial charge in [-0.2, -0.15) is 0 Å². The Labute approximate surface area is 111 Å². The van der Waals surface area contributed by atoms with E-state index in [1.807, 2.05) is 20.8 Å². The maximum atomic E-state index is 11.8. The third-order valence-corrected chi connectivity index (χ3v) is 3.02. The average molecular weight is 272 g/mol. The second-order valence-corrected chi connectivity index (χ2v) is 5.22. The topological polar surface area (TPSA) is 64.0 Å². The van der Waals surface area contributed by atoms with Crippen molar-refractivity contribution in [3.8, 4) is 0 Å². The van der Waals surface area contributed by atoms with Gasteiger partial charge < -0.3 is 5.32 Å². The van der Waals surface area contributed by atoms with Gasteiger partial charge in [-0.05, 0) is 27.2 Å². The highest BCUT2D eigenvalue weighted by Crippen LogP contribution is 2.07. The molecule has 1 aromatic rings. The number of amides is 1. The van der Waals surface area contributed by atoms with Gasteiger partial charge in [-0.15, -0.1) is 0 Å². The molecule has 100 valence electrons. The average Bonchev–Trinajstić information content (AvgIpc) is 2.22. The maximum Gasteiger partial charge on any atom is 0.255 e. The SMILES string of the molecule is CCC(C)(C)NC(=O)Cn1c(C)nc(Cl)cc1=O. The zero-order valence-corrected chi connectivity index (χ0v) is 11.8. The molecule has 0 spiro atoms. The minimum Gasteiger partial charge on any atom is -0.350 e. The Morgan fingerprint density at radius 2 is 2.17 bits per heavy atom. The van der Waals surface area contributed by atoms with Crippen molar-refractivity contribution in [3.63, 3.8) is 0 Å². The molecule has 0 atom stereocenters. The minimum atomic E-state index is -0.322. The first kappa shape index (κ1) is 14.7. The van der Waals surface area contributed by atoms with Crippen molar-refractivity contribution in [1.82, 2.24) is 14.9 Å². The summed E-state index contributed by atoms with van der Waals surface area (Å²) < 4.78 is 1.30. The molecule has 1 rings (SSSR count). The number of nitrogens with one attached hydrogen (secondary N) is 1. The van der Waals surface area contributed by atoms with Crippen LogP contribution in [0.2, 0.25) is 5.15 Å². The predicted octanol–water partition coefficient (Wildman–Crippen LogP) is 1.51. The Morgan fingerprint density at radius 3 is 2.67 bits per heavy atom. The first-order valence-electron chi connectivity index (χ1n) is 5.80. The lowest BCUT2D eigenvalue weighted by molar-refractivity contribution is -0.123. The van der Waals surface area contributed by atoms with E-state index >= 15 is 0 Å². The van der Waals surface area contributed by atoms with Gasteiger partial charge in [0.2, 0.25) is 5.91 Å². The number of hydrogen-bond donors (Lipinski definition) is 1. The summed E-state index contributed by atoms with van der Waals surface area (Å²) >= 11 is 5.66. The molecule has 1 N–H and O–H groups in total. The maximum absolute atomic E-state index is 11.8. The van der Waals surface area contributed by atoms with Crippen LogP contribution in [0.4, 0.5) is 0 Å². The van der Waals surface area contributed by atoms with E-state index < -0.39 is 0 Å². The van der Waals surface area contributed by atoms with Gasteiger partial charge in [0.05, 0.1) is 0 Å². The van der Waals surface area contributed by atoms with Gasteiger partial charge in [0.25, 0.3) is 5.56 Å². The van der Waals surface area contributed by atoms with Crippen LogP contribution < -0.4 is 10.9 Å². The van der Waals surface area contributed by atoms with E-state index in [1.54, 1.807) is 6.92 Å². The Morgan fingerprint density at radius 1 is 1.56 bits per heavy atom. The molecule has 0 aromatic carbocycles. The molecule has 0 aliphatic heterocycles. The highest BCUT2D eigenvalue weighted by molar-refractivity contribution is 6.29. The van der Waals surface area contributed by atoms with E-state index in [0.29, 0.717) is 5.82 Å². The van der Waals surface area contributed by atoms with Gasteiger partial charge in [0, 0.05) is 11.6 Å². The van der Waals surface area contributed by atoms with E-state index in [9.17, 15) is 9.59 Å². The van der Waals surface area contributed by atoms with Crippen LogP contribution in [-0.4, -0.2) is 21.0 Å². The normalized spacial score (nSPS) is 11.4. The standard InChI is InChI=1S/C12H18ClN3O2/c1-5-12(3,4)15-10(17)7-16-8(2)14-9(13)6-11(16)18/h6H,5,7H2,1-4H3,(H,15,17). The molecule has 1 amide bonds. The fourth-order valence-electron chi connectivity index (χ4n) is 1.43. The largest absolute Gasteiger partial charge is 0.350 e. The molecule has 1 heterocycles. The first-order valence-corrected chi connectivity index (χ1v) is 6.18. The van der Waals surface area contributed by atoms with Crippen LogP contribution in [0.5, 0.6) is 0 Å². The monoisotopic (exact) mass is 271 g/mol. The number of carbonyl (C=O) groups is 1. The number of halogens is 1. The van der Waals surface area contributed by atoms with Crippen LogP contribution in [-0.2, 0) is 11.3 Å². The molecule has 0 aliphatic carbocycles. The molecule has 0 radical (unpaired) electrons. The Balaban J connectivity index is 2.87. The number of hydrogen-bond acceptors (Lipinski definition) is 3. The van der Waals surface area contributed by atoms with E-state index in [2.05, 4.69) is 10.3 Å². The molecule has 6 heteroatoms. The van der Waals surface area contributed by atoms with Gasteiger partial charge in [0.15, 0.2) is 0 Å². The second-order valence-electron chi connectivity index (χ2n) is 4.84. The van der Waals surface area contributed by atoms with Crippen LogP contribution in [0.25, 0.3) is 0 Å². The summed E-state index contributed by atoms with van der Waals surface area (Å²) in [5, 5.41) is 3.01. The Bertz CT molecular complexity index is 509. The van der Waals surface area contributed by atoms with E-state index in [1.165, 1.54) is 10.6 Å². The van der Waals surface area contributed by atoms with Gasteiger partial charge in [-0.3, -0.25) is 14.2 Å². The number of carbonyl (C=O) groups excluding carboxylic acids is 1. The Hall–Kier alpha value is -1.36. The van der Waals surface area contributed by atoms with Crippen LogP contribution in [0.3, 0.4) is 0 Å². The fourth-order valence-corrected chi connectivity index (χ4v) is 1.64. The van der Waals surface area contributed by atoms with Gasteiger partial charge >= 0.3 is 0 Å². The van der Waals surface area contributed by atoms with Crippen molar-refractivity contribution in [3.05, 3.63) is 27.4 Å². The van der Waals surface area contributed by atoms with E-state index in [-0.39, 0.29) is 28.7 Å². The lowest BCUT2D eigenvalue weighted by Gasteiger charge is -2.24. The molecular formula is C12H18ClN3O2. The highest BCUT2D eigenvalue weighted by Gasteiger charge is 2.18. The summed E-state index contributed by atoms with van der Waals surface area (Å²) in [4.78, 5) is 27.5. The van der Waals surface area contributed by atoms with Crippen molar-refractivity contribution >= 4 is 17.5 Å². The molecule has 1 aromatic heterocycles. The third kappa shape index (κ3) is 3.84. The number of aromatic nitrogens is 2. The molecular weight excluding hydrogens is 254 g/mol. The highest BCUT2D eigenvalue weighted by atomic mass is 35.5. The molecule has 18 heavy (non-hydrogen) atoms. The van der Waals surface area contributed by atoms with Gasteiger partial charge in [-0.1, -0.05) is 18.5 Å². The predicted molar refractivity (Wildman–Crippen MR) is 70.8 cm³/mol. The lowest BCUT2D eigenvalue weighted by Crippen LogP contribution is -2.45. The summed E-state index contributed by atoms with van der Waals surface area (Å²) in [6, 6.07) is 1.20. The van der Waals surface area contributed by atoms with Crippen LogP contribution in [0, 0.1) is 6.92 Å². The van der Waals surface area contributed by atoms with Crippen LogP contribution in [0.1, 0.15) is 33.0 Å². The summed E-state index contributed by atoms with van der Waals surface area (Å²) in [6.45, 7) is 7.45. The molecule has 0 aliphatic rings. The zero-order valence-electron chi connectivity index (χ0n) is 11.1.